The number of ether oxygens (including phenoxy) is 1. The highest BCUT2D eigenvalue weighted by atomic mass is 35.5. The largest absolute Gasteiger partial charge is 0.489 e. The molecule has 124 valence electrons. The van der Waals surface area contributed by atoms with Crippen LogP contribution in [0, 0.1) is 0 Å². The molecule has 0 aliphatic rings. The number of nitrogen functional groups attached to an aromatic ring is 1. The number of halogens is 1. The molecule has 0 amide bonds. The monoisotopic (exact) mass is 365 g/mol. The molecule has 4 rings (SSSR count). The highest BCUT2D eigenvalue weighted by Crippen LogP contribution is 2.42. The molecule has 0 saturated carbocycles. The maximum atomic E-state index is 6.36. The molecule has 0 radical (unpaired) electrons. The Labute approximate surface area is 155 Å². The Morgan fingerprint density at radius 2 is 1.68 bits per heavy atom. The fourth-order valence-corrected chi connectivity index (χ4v) is 4.03. The maximum Gasteiger partial charge on any atom is 0.121 e. The summed E-state index contributed by atoms with van der Waals surface area (Å²) in [5.41, 5.74) is 9.39. The Morgan fingerprint density at radius 3 is 2.44 bits per heavy atom. The molecule has 2 N–H and O–H groups in total. The molecule has 4 heteroatoms. The number of hydrogen-bond donors (Lipinski definition) is 1. The van der Waals surface area contributed by atoms with Gasteiger partial charge in [0.2, 0.25) is 0 Å². The van der Waals surface area contributed by atoms with Crippen LogP contribution in [0.25, 0.3) is 20.5 Å². The van der Waals surface area contributed by atoms with Crippen molar-refractivity contribution in [2.45, 2.75) is 6.61 Å². The van der Waals surface area contributed by atoms with E-state index in [0.717, 1.165) is 42.5 Å². The second-order valence-electron chi connectivity index (χ2n) is 5.78. The molecular formula is C21H16ClNOS. The first-order valence-electron chi connectivity index (χ1n) is 7.95. The number of thiophene rings is 1. The number of hydrogen-bond acceptors (Lipinski definition) is 3. The first-order valence-corrected chi connectivity index (χ1v) is 9.15. The van der Waals surface area contributed by atoms with Crippen LogP contribution in [0.4, 0.5) is 5.69 Å². The van der Waals surface area contributed by atoms with Gasteiger partial charge in [-0.05, 0) is 41.5 Å². The fourth-order valence-electron chi connectivity index (χ4n) is 2.74. The van der Waals surface area contributed by atoms with Gasteiger partial charge < -0.3 is 10.5 Å². The van der Waals surface area contributed by atoms with E-state index in [9.17, 15) is 0 Å². The van der Waals surface area contributed by atoms with Crippen molar-refractivity contribution in [1.29, 1.82) is 0 Å². The summed E-state index contributed by atoms with van der Waals surface area (Å²) in [6.07, 6.45) is 0. The predicted octanol–water partition coefficient (Wildman–Crippen LogP) is 6.38. The Balaban J connectivity index is 1.63. The summed E-state index contributed by atoms with van der Waals surface area (Å²) < 4.78 is 7.04. The number of nitrogens with two attached hydrogens (primary N) is 1. The van der Waals surface area contributed by atoms with Crippen LogP contribution in [0.3, 0.4) is 0 Å². The van der Waals surface area contributed by atoms with Gasteiger partial charge in [0.25, 0.3) is 0 Å². The van der Waals surface area contributed by atoms with E-state index in [0.29, 0.717) is 6.61 Å². The van der Waals surface area contributed by atoms with Crippen LogP contribution in [0.5, 0.6) is 5.75 Å². The third-order valence-electron chi connectivity index (χ3n) is 4.05. The van der Waals surface area contributed by atoms with Gasteiger partial charge in [0.15, 0.2) is 0 Å². The van der Waals surface area contributed by atoms with Gasteiger partial charge in [0.05, 0.1) is 10.6 Å². The van der Waals surface area contributed by atoms with Gasteiger partial charge >= 0.3 is 0 Å². The molecule has 0 bridgehead atoms. The molecule has 0 aliphatic carbocycles. The van der Waals surface area contributed by atoms with E-state index >= 15 is 0 Å². The van der Waals surface area contributed by atoms with E-state index in [2.05, 4.69) is 18.2 Å². The standard InChI is InChI=1S/C21H16ClNOS/c22-16-8-6-15(7-9-16)21-20(23)18-11-10-17(12-19(18)25-21)24-13-14-4-2-1-3-5-14/h1-12H,13,23H2. The Bertz CT molecular complexity index is 1010. The summed E-state index contributed by atoms with van der Waals surface area (Å²) in [5.74, 6) is 0.847. The van der Waals surface area contributed by atoms with Crippen LogP contribution >= 0.6 is 22.9 Å². The summed E-state index contributed by atoms with van der Waals surface area (Å²) in [5, 5.41) is 1.78. The zero-order valence-corrected chi connectivity index (χ0v) is 15.0. The zero-order valence-electron chi connectivity index (χ0n) is 13.4. The zero-order chi connectivity index (χ0) is 17.2. The second kappa shape index (κ2) is 6.79. The van der Waals surface area contributed by atoms with Crippen molar-refractivity contribution in [3.63, 3.8) is 0 Å². The van der Waals surface area contributed by atoms with Gasteiger partial charge in [-0.1, -0.05) is 54.1 Å². The quantitative estimate of drug-likeness (QED) is 0.455. The van der Waals surface area contributed by atoms with Crippen LogP contribution in [0.1, 0.15) is 5.56 Å². The van der Waals surface area contributed by atoms with Crippen molar-refractivity contribution in [2.24, 2.45) is 0 Å². The molecule has 0 fully saturated rings. The minimum Gasteiger partial charge on any atom is -0.489 e. The highest BCUT2D eigenvalue weighted by molar-refractivity contribution is 7.23. The normalized spacial score (nSPS) is 10.9. The van der Waals surface area contributed by atoms with Crippen molar-refractivity contribution in [3.8, 4) is 16.2 Å². The summed E-state index contributed by atoms with van der Waals surface area (Å²) >= 11 is 7.65. The molecule has 0 aliphatic heterocycles. The average molecular weight is 366 g/mol. The van der Waals surface area contributed by atoms with Crippen molar-refractivity contribution >= 4 is 38.7 Å². The van der Waals surface area contributed by atoms with Crippen LogP contribution in [0.2, 0.25) is 5.02 Å². The summed E-state index contributed by atoms with van der Waals surface area (Å²) in [6.45, 7) is 0.553. The number of rotatable bonds is 4. The summed E-state index contributed by atoms with van der Waals surface area (Å²) in [4.78, 5) is 1.06. The van der Waals surface area contributed by atoms with Crippen molar-refractivity contribution in [1.82, 2.24) is 0 Å². The lowest BCUT2D eigenvalue weighted by Crippen LogP contribution is -1.94. The van der Waals surface area contributed by atoms with Gasteiger partial charge in [-0.2, -0.15) is 0 Å². The lowest BCUT2D eigenvalue weighted by atomic mass is 10.1. The number of fused-ring (bicyclic) bond motifs is 1. The average Bonchev–Trinajstić information content (AvgIpc) is 2.98. The molecule has 4 aromatic rings. The van der Waals surface area contributed by atoms with Crippen molar-refractivity contribution < 1.29 is 4.74 Å². The molecule has 0 unspecified atom stereocenters. The maximum absolute atomic E-state index is 6.36. The van der Waals surface area contributed by atoms with Gasteiger partial charge in [0.1, 0.15) is 12.4 Å². The molecule has 1 aromatic heterocycles. The number of anilines is 1. The van der Waals surface area contributed by atoms with E-state index in [-0.39, 0.29) is 0 Å². The molecular weight excluding hydrogens is 350 g/mol. The summed E-state index contributed by atoms with van der Waals surface area (Å²) in [6, 6.07) is 24.0. The topological polar surface area (TPSA) is 35.2 Å². The molecule has 25 heavy (non-hydrogen) atoms. The summed E-state index contributed by atoms with van der Waals surface area (Å²) in [7, 11) is 0. The lowest BCUT2D eigenvalue weighted by molar-refractivity contribution is 0.306. The Hall–Kier alpha value is -2.49. The van der Waals surface area contributed by atoms with E-state index in [1.807, 2.05) is 54.6 Å². The Kier molecular flexibility index (Phi) is 4.35. The van der Waals surface area contributed by atoms with Crippen LogP contribution < -0.4 is 10.5 Å². The van der Waals surface area contributed by atoms with Crippen LogP contribution in [-0.2, 0) is 6.61 Å². The number of benzene rings is 3. The first-order chi connectivity index (χ1) is 12.2. The smallest absolute Gasteiger partial charge is 0.121 e. The fraction of sp³-hybridized carbons (Fsp3) is 0.0476. The van der Waals surface area contributed by atoms with E-state index in [1.165, 1.54) is 0 Å². The molecule has 0 saturated heterocycles. The van der Waals surface area contributed by atoms with Gasteiger partial charge in [0, 0.05) is 15.1 Å². The van der Waals surface area contributed by atoms with Gasteiger partial charge in [-0.3, -0.25) is 0 Å². The van der Waals surface area contributed by atoms with E-state index in [4.69, 9.17) is 22.1 Å². The molecule has 1 heterocycles. The molecule has 3 aromatic carbocycles. The Morgan fingerprint density at radius 1 is 0.920 bits per heavy atom. The molecule has 0 spiro atoms. The SMILES string of the molecule is Nc1c(-c2ccc(Cl)cc2)sc2cc(OCc3ccccc3)ccc12. The highest BCUT2D eigenvalue weighted by Gasteiger charge is 2.12. The van der Waals surface area contributed by atoms with Gasteiger partial charge in [-0.15, -0.1) is 11.3 Å². The minimum atomic E-state index is 0.553. The predicted molar refractivity (Wildman–Crippen MR) is 107 cm³/mol. The van der Waals surface area contributed by atoms with Crippen molar-refractivity contribution in [3.05, 3.63) is 83.4 Å². The second-order valence-corrected chi connectivity index (χ2v) is 7.27. The van der Waals surface area contributed by atoms with E-state index < -0.39 is 0 Å². The third kappa shape index (κ3) is 3.34. The van der Waals surface area contributed by atoms with E-state index in [1.54, 1.807) is 11.3 Å². The van der Waals surface area contributed by atoms with Crippen LogP contribution in [-0.4, -0.2) is 0 Å². The van der Waals surface area contributed by atoms with Crippen LogP contribution in [0.15, 0.2) is 72.8 Å². The first kappa shape index (κ1) is 16.0. The lowest BCUT2D eigenvalue weighted by Gasteiger charge is -2.06. The minimum absolute atomic E-state index is 0.553. The molecule has 0 atom stereocenters. The van der Waals surface area contributed by atoms with Crippen molar-refractivity contribution in [2.75, 3.05) is 5.73 Å². The molecule has 2 nitrogen and oxygen atoms in total. The third-order valence-corrected chi connectivity index (χ3v) is 5.52. The van der Waals surface area contributed by atoms with Gasteiger partial charge in [-0.25, -0.2) is 0 Å².